The average molecular weight is 718 g/mol. The van der Waals surface area contributed by atoms with Gasteiger partial charge in [0.05, 0.1) is 36.6 Å². The molecule has 3 fully saturated rings. The first-order valence-corrected chi connectivity index (χ1v) is 19.6. The molecule has 0 saturated carbocycles. The summed E-state index contributed by atoms with van der Waals surface area (Å²) >= 11 is 0. The van der Waals surface area contributed by atoms with Crippen molar-refractivity contribution in [2.24, 2.45) is 41.4 Å². The molecule has 51 heavy (non-hydrogen) atoms. The van der Waals surface area contributed by atoms with Crippen molar-refractivity contribution < 1.29 is 39.4 Å². The van der Waals surface area contributed by atoms with Crippen molar-refractivity contribution in [3.63, 3.8) is 0 Å². The number of amides is 1. The van der Waals surface area contributed by atoms with Crippen LogP contribution in [0, 0.1) is 41.4 Å². The fourth-order valence-corrected chi connectivity index (χ4v) is 8.21. The van der Waals surface area contributed by atoms with Crippen LogP contribution in [0.5, 0.6) is 0 Å². The van der Waals surface area contributed by atoms with Crippen molar-refractivity contribution in [1.29, 1.82) is 0 Å². The van der Waals surface area contributed by atoms with Crippen LogP contribution in [0.1, 0.15) is 114 Å². The molecule has 0 aliphatic carbocycles. The van der Waals surface area contributed by atoms with Gasteiger partial charge in [-0.2, -0.15) is 0 Å². The Hall–Kier alpha value is -1.85. The summed E-state index contributed by atoms with van der Waals surface area (Å²) in [6, 6.07) is 0. The van der Waals surface area contributed by atoms with E-state index in [2.05, 4.69) is 25.2 Å². The quantitative estimate of drug-likeness (QED) is 0.113. The first-order chi connectivity index (χ1) is 24.0. The van der Waals surface area contributed by atoms with Crippen molar-refractivity contribution in [2.45, 2.75) is 162 Å². The van der Waals surface area contributed by atoms with Gasteiger partial charge in [0.2, 0.25) is 5.91 Å². The maximum Gasteiger partial charge on any atom is 0.225 e. The van der Waals surface area contributed by atoms with Gasteiger partial charge < -0.3 is 40.0 Å². The molecule has 0 radical (unpaired) electrons. The number of carbonyl (C=O) groups is 1. The topological polar surface area (TPSA) is 138 Å². The summed E-state index contributed by atoms with van der Waals surface area (Å²) in [4.78, 5) is 12.9. The number of nitrogens with one attached hydrogen (secondary N) is 1. The Labute approximate surface area is 308 Å². The Balaban J connectivity index is 1.43. The highest BCUT2D eigenvalue weighted by molar-refractivity contribution is 5.80. The standard InChI is InChI=1S/C42H71NO8/c1-11-33-24-29(5)42(43-40(33)48)32(8)38(47)31(7)37(50-42)25-36(46)27(3)19-15-12-14-18-26(2)34(44)20-16-13-17-21-35(45)30(6)39-28(4)22-23-41(9,49-10)51-39/h12-14,16-18,21,27-39,44-47H,11,15,19-20,22-25H2,1-10H3,(H,43,48)/b14-12+,16-13+,21-17+,26-18+. The SMILES string of the molecule is CCC1CC(C)C2(NC1=O)OC(CC(O)C(C)CC/C=C/C=C(\C)C(O)C/C=C/C=C/C(O)C(C)C1OC(C)(OC)CCC1C)C(C)C(O)C2C. The maximum atomic E-state index is 12.9. The van der Waals surface area contributed by atoms with E-state index in [4.69, 9.17) is 14.2 Å². The summed E-state index contributed by atoms with van der Waals surface area (Å²) in [6.07, 6.45) is 16.0. The van der Waals surface area contributed by atoms with Gasteiger partial charge in [-0.25, -0.2) is 0 Å². The number of piperidine rings is 1. The molecule has 1 amide bonds. The predicted molar refractivity (Wildman–Crippen MR) is 202 cm³/mol. The van der Waals surface area contributed by atoms with Crippen molar-refractivity contribution in [3.05, 3.63) is 48.1 Å². The maximum absolute atomic E-state index is 12.9. The molecule has 3 saturated heterocycles. The van der Waals surface area contributed by atoms with Gasteiger partial charge in [-0.3, -0.25) is 4.79 Å². The highest BCUT2D eigenvalue weighted by Gasteiger charge is 2.57. The third-order valence-corrected chi connectivity index (χ3v) is 12.6. The van der Waals surface area contributed by atoms with E-state index in [0.29, 0.717) is 18.8 Å². The van der Waals surface area contributed by atoms with Gasteiger partial charge in [0.15, 0.2) is 5.79 Å². The lowest BCUT2D eigenvalue weighted by atomic mass is 9.69. The summed E-state index contributed by atoms with van der Waals surface area (Å²) < 4.78 is 18.5. The van der Waals surface area contributed by atoms with Crippen LogP contribution in [0.3, 0.4) is 0 Å². The van der Waals surface area contributed by atoms with Crippen LogP contribution in [0.15, 0.2) is 48.1 Å². The van der Waals surface area contributed by atoms with E-state index in [1.807, 2.05) is 78.8 Å². The number of methoxy groups -OCH3 is 1. The van der Waals surface area contributed by atoms with Crippen molar-refractivity contribution in [1.82, 2.24) is 5.32 Å². The highest BCUT2D eigenvalue weighted by Crippen LogP contribution is 2.46. The molecule has 1 spiro atoms. The molecule has 3 heterocycles. The van der Waals surface area contributed by atoms with Crippen LogP contribution in [0.2, 0.25) is 0 Å². The smallest absolute Gasteiger partial charge is 0.225 e. The van der Waals surface area contributed by atoms with Crippen molar-refractivity contribution >= 4 is 5.91 Å². The lowest BCUT2D eigenvalue weighted by Gasteiger charge is -2.56. The summed E-state index contributed by atoms with van der Waals surface area (Å²) in [5, 5.41) is 46.9. The van der Waals surface area contributed by atoms with E-state index < -0.39 is 35.9 Å². The molecule has 5 N–H and O–H groups in total. The van der Waals surface area contributed by atoms with Crippen LogP contribution in [-0.2, 0) is 19.0 Å². The first-order valence-electron chi connectivity index (χ1n) is 19.6. The minimum Gasteiger partial charge on any atom is -0.393 e. The van der Waals surface area contributed by atoms with Gasteiger partial charge in [0.1, 0.15) is 5.72 Å². The number of hydrogen-bond acceptors (Lipinski definition) is 8. The normalized spacial score (nSPS) is 38.3. The van der Waals surface area contributed by atoms with Gasteiger partial charge in [0, 0.05) is 49.5 Å². The molecule has 15 unspecified atom stereocenters. The van der Waals surface area contributed by atoms with Gasteiger partial charge in [-0.1, -0.05) is 91.0 Å². The molecule has 0 aromatic rings. The third-order valence-electron chi connectivity index (χ3n) is 12.6. The van der Waals surface area contributed by atoms with Gasteiger partial charge in [-0.15, -0.1) is 0 Å². The summed E-state index contributed by atoms with van der Waals surface area (Å²) in [7, 11) is 1.66. The fourth-order valence-electron chi connectivity index (χ4n) is 8.21. The third kappa shape index (κ3) is 11.1. The second-order valence-electron chi connectivity index (χ2n) is 16.4. The Morgan fingerprint density at radius 1 is 1.08 bits per heavy atom. The van der Waals surface area contributed by atoms with Crippen LogP contribution >= 0.6 is 0 Å². The summed E-state index contributed by atoms with van der Waals surface area (Å²) in [6.45, 7) is 18.1. The molecule has 292 valence electrons. The minimum atomic E-state index is -0.926. The Morgan fingerprint density at radius 3 is 2.45 bits per heavy atom. The molecular formula is C42H71NO8. The average Bonchev–Trinajstić information content (AvgIpc) is 3.10. The molecule has 0 bridgehead atoms. The number of aliphatic hydroxyl groups is 4. The Kier molecular flexibility index (Phi) is 16.6. The lowest BCUT2D eigenvalue weighted by molar-refractivity contribution is -0.281. The zero-order valence-corrected chi connectivity index (χ0v) is 33.1. The number of ether oxygens (including phenoxy) is 3. The van der Waals surface area contributed by atoms with Gasteiger partial charge in [-0.05, 0) is 69.8 Å². The molecule has 9 nitrogen and oxygen atoms in total. The van der Waals surface area contributed by atoms with Crippen LogP contribution in [0.4, 0.5) is 0 Å². The molecule has 15 atom stereocenters. The molecule has 3 aliphatic heterocycles. The van der Waals surface area contributed by atoms with Crippen LogP contribution in [-0.4, -0.2) is 81.6 Å². The van der Waals surface area contributed by atoms with E-state index >= 15 is 0 Å². The van der Waals surface area contributed by atoms with Crippen LogP contribution in [0.25, 0.3) is 0 Å². The highest BCUT2D eigenvalue weighted by atomic mass is 16.7. The number of carbonyl (C=O) groups excluding carboxylic acids is 1. The van der Waals surface area contributed by atoms with E-state index in [0.717, 1.165) is 44.1 Å². The lowest BCUT2D eigenvalue weighted by Crippen LogP contribution is -2.71. The molecular weight excluding hydrogens is 646 g/mol. The summed E-state index contributed by atoms with van der Waals surface area (Å²) in [5.41, 5.74) is -0.0737. The number of rotatable bonds is 16. The summed E-state index contributed by atoms with van der Waals surface area (Å²) in [5.74, 6) is -0.773. The molecule has 3 aliphatic rings. The fraction of sp³-hybridized carbons (Fsp3) is 0.786. The number of aliphatic hydroxyl groups excluding tert-OH is 4. The first kappa shape index (κ1) is 43.6. The minimum absolute atomic E-state index is 0.0118. The van der Waals surface area contributed by atoms with E-state index in [-0.39, 0.29) is 53.6 Å². The van der Waals surface area contributed by atoms with Crippen molar-refractivity contribution in [3.8, 4) is 0 Å². The zero-order valence-electron chi connectivity index (χ0n) is 33.1. The number of allylic oxidation sites excluding steroid dienone is 5. The second-order valence-corrected chi connectivity index (χ2v) is 16.4. The predicted octanol–water partition coefficient (Wildman–Crippen LogP) is 6.60. The van der Waals surface area contributed by atoms with E-state index in [1.165, 1.54) is 0 Å². The zero-order chi connectivity index (χ0) is 38.1. The van der Waals surface area contributed by atoms with Crippen LogP contribution < -0.4 is 5.32 Å². The van der Waals surface area contributed by atoms with Crippen molar-refractivity contribution in [2.75, 3.05) is 7.11 Å². The molecule has 0 aromatic carbocycles. The molecule has 9 heteroatoms. The van der Waals surface area contributed by atoms with E-state index in [1.54, 1.807) is 13.2 Å². The second kappa shape index (κ2) is 19.5. The van der Waals surface area contributed by atoms with E-state index in [9.17, 15) is 25.2 Å². The molecule has 0 aromatic heterocycles. The van der Waals surface area contributed by atoms with Gasteiger partial charge in [0.25, 0.3) is 0 Å². The number of hydrogen-bond donors (Lipinski definition) is 5. The monoisotopic (exact) mass is 718 g/mol. The molecule has 3 rings (SSSR count). The van der Waals surface area contributed by atoms with Gasteiger partial charge >= 0.3 is 0 Å². The Morgan fingerprint density at radius 2 is 1.78 bits per heavy atom. The Bertz CT molecular complexity index is 1220. The largest absolute Gasteiger partial charge is 0.393 e.